The van der Waals surface area contributed by atoms with Crippen LogP contribution in [0.15, 0.2) is 43.0 Å². The SMILES string of the molecule is Clc1ccc(C2(CCn3ccnc3)OCCO2)cc1. The van der Waals surface area contributed by atoms with Gasteiger partial charge in [-0.15, -0.1) is 0 Å². The van der Waals surface area contributed by atoms with Crippen molar-refractivity contribution in [3.63, 3.8) is 0 Å². The van der Waals surface area contributed by atoms with Gasteiger partial charge in [0.25, 0.3) is 0 Å². The summed E-state index contributed by atoms with van der Waals surface area (Å²) in [6, 6.07) is 7.64. The summed E-state index contributed by atoms with van der Waals surface area (Å²) in [7, 11) is 0. The highest BCUT2D eigenvalue weighted by Gasteiger charge is 2.38. The molecular weight excluding hydrogens is 264 g/mol. The van der Waals surface area contributed by atoms with Crippen LogP contribution in [-0.4, -0.2) is 22.8 Å². The van der Waals surface area contributed by atoms with Gasteiger partial charge in [-0.1, -0.05) is 23.7 Å². The third-order valence-electron chi connectivity index (χ3n) is 3.30. The molecule has 5 heteroatoms. The number of halogens is 1. The zero-order chi connectivity index (χ0) is 13.1. The Balaban J connectivity index is 1.80. The molecule has 100 valence electrons. The van der Waals surface area contributed by atoms with Crippen LogP contribution in [0.25, 0.3) is 0 Å². The molecule has 1 aliphatic heterocycles. The van der Waals surface area contributed by atoms with Crippen molar-refractivity contribution in [3.8, 4) is 0 Å². The van der Waals surface area contributed by atoms with Crippen LogP contribution in [0.4, 0.5) is 0 Å². The predicted molar refractivity (Wildman–Crippen MR) is 71.9 cm³/mol. The highest BCUT2D eigenvalue weighted by atomic mass is 35.5. The van der Waals surface area contributed by atoms with Crippen molar-refractivity contribution in [3.05, 3.63) is 53.6 Å². The lowest BCUT2D eigenvalue weighted by Gasteiger charge is -2.28. The van der Waals surface area contributed by atoms with E-state index in [0.29, 0.717) is 18.2 Å². The molecule has 0 bridgehead atoms. The normalized spacial score (nSPS) is 17.7. The number of ether oxygens (including phenoxy) is 2. The van der Waals surface area contributed by atoms with E-state index in [1.165, 1.54) is 0 Å². The number of rotatable bonds is 4. The zero-order valence-corrected chi connectivity index (χ0v) is 11.2. The summed E-state index contributed by atoms with van der Waals surface area (Å²) in [6.45, 7) is 2.03. The second-order valence-electron chi connectivity index (χ2n) is 4.51. The fourth-order valence-electron chi connectivity index (χ4n) is 2.31. The van der Waals surface area contributed by atoms with E-state index in [-0.39, 0.29) is 0 Å². The molecule has 4 nitrogen and oxygen atoms in total. The Morgan fingerprint density at radius 1 is 1.21 bits per heavy atom. The molecule has 1 aliphatic rings. The summed E-state index contributed by atoms with van der Waals surface area (Å²) in [4.78, 5) is 4.04. The summed E-state index contributed by atoms with van der Waals surface area (Å²) in [5.74, 6) is -0.658. The third-order valence-corrected chi connectivity index (χ3v) is 3.55. The van der Waals surface area contributed by atoms with E-state index < -0.39 is 5.79 Å². The standard InChI is InChI=1S/C14H15ClN2O2/c15-13-3-1-12(2-4-13)14(18-9-10-19-14)5-7-17-8-6-16-11-17/h1-4,6,8,11H,5,7,9-10H2. The van der Waals surface area contributed by atoms with Gasteiger partial charge in [-0.25, -0.2) is 4.98 Å². The molecule has 0 amide bonds. The average molecular weight is 279 g/mol. The highest BCUT2D eigenvalue weighted by molar-refractivity contribution is 6.30. The first-order valence-electron chi connectivity index (χ1n) is 6.28. The minimum Gasteiger partial charge on any atom is -0.343 e. The summed E-state index contributed by atoms with van der Waals surface area (Å²) in [5, 5.41) is 0.714. The minimum absolute atomic E-state index is 0.618. The van der Waals surface area contributed by atoms with E-state index in [4.69, 9.17) is 21.1 Å². The Labute approximate surface area is 116 Å². The van der Waals surface area contributed by atoms with Gasteiger partial charge in [0.1, 0.15) is 0 Å². The first kappa shape index (κ1) is 12.7. The fraction of sp³-hybridized carbons (Fsp3) is 0.357. The molecule has 2 heterocycles. The van der Waals surface area contributed by atoms with Crippen LogP contribution in [-0.2, 0) is 21.8 Å². The van der Waals surface area contributed by atoms with Crippen molar-refractivity contribution in [2.24, 2.45) is 0 Å². The van der Waals surface area contributed by atoms with Gasteiger partial charge in [0.05, 0.1) is 19.5 Å². The average Bonchev–Trinajstić information content (AvgIpc) is 3.09. The monoisotopic (exact) mass is 278 g/mol. The predicted octanol–water partition coefficient (Wildman–Crippen LogP) is 2.83. The van der Waals surface area contributed by atoms with Crippen molar-refractivity contribution in [1.29, 1.82) is 0 Å². The van der Waals surface area contributed by atoms with Crippen LogP contribution in [0, 0.1) is 0 Å². The lowest BCUT2D eigenvalue weighted by atomic mass is 10.0. The molecule has 0 N–H and O–H groups in total. The molecule has 1 aromatic heterocycles. The van der Waals surface area contributed by atoms with Crippen molar-refractivity contribution < 1.29 is 9.47 Å². The zero-order valence-electron chi connectivity index (χ0n) is 10.5. The number of benzene rings is 1. The Hall–Kier alpha value is -1.36. The van der Waals surface area contributed by atoms with Crippen LogP contribution in [0.3, 0.4) is 0 Å². The first-order chi connectivity index (χ1) is 9.28. The van der Waals surface area contributed by atoms with Crippen LogP contribution < -0.4 is 0 Å². The van der Waals surface area contributed by atoms with Gasteiger partial charge in [-0.3, -0.25) is 0 Å². The lowest BCUT2D eigenvalue weighted by Crippen LogP contribution is -2.28. The maximum absolute atomic E-state index is 5.93. The maximum Gasteiger partial charge on any atom is 0.196 e. The van der Waals surface area contributed by atoms with Gasteiger partial charge >= 0.3 is 0 Å². The summed E-state index contributed by atoms with van der Waals surface area (Å²) in [5.41, 5.74) is 1.01. The van der Waals surface area contributed by atoms with Gasteiger partial charge in [-0.05, 0) is 12.1 Å². The lowest BCUT2D eigenvalue weighted by molar-refractivity contribution is -0.172. The molecule has 0 unspecified atom stereocenters. The van der Waals surface area contributed by atoms with Crippen LogP contribution >= 0.6 is 11.6 Å². The van der Waals surface area contributed by atoms with E-state index >= 15 is 0 Å². The van der Waals surface area contributed by atoms with Crippen LogP contribution in [0.5, 0.6) is 0 Å². The minimum atomic E-state index is -0.658. The number of hydrogen-bond donors (Lipinski definition) is 0. The van der Waals surface area contributed by atoms with Crippen molar-refractivity contribution in [2.75, 3.05) is 13.2 Å². The quantitative estimate of drug-likeness (QED) is 0.863. The number of hydrogen-bond acceptors (Lipinski definition) is 3. The molecular formula is C14H15ClN2O2. The molecule has 0 radical (unpaired) electrons. The van der Waals surface area contributed by atoms with E-state index in [1.54, 1.807) is 12.5 Å². The third kappa shape index (κ3) is 2.66. The van der Waals surface area contributed by atoms with Gasteiger partial charge in [-0.2, -0.15) is 0 Å². The molecule has 0 saturated carbocycles. The Morgan fingerprint density at radius 3 is 2.58 bits per heavy atom. The molecule has 1 fully saturated rings. The highest BCUT2D eigenvalue weighted by Crippen LogP contribution is 2.35. The second-order valence-corrected chi connectivity index (χ2v) is 4.94. The Bertz CT molecular complexity index is 519. The summed E-state index contributed by atoms with van der Waals surface area (Å²) in [6.07, 6.45) is 6.24. The molecule has 0 spiro atoms. The van der Waals surface area contributed by atoms with Gasteiger partial charge < -0.3 is 14.0 Å². The Morgan fingerprint density at radius 2 is 1.95 bits per heavy atom. The van der Waals surface area contributed by atoms with E-state index in [2.05, 4.69) is 4.98 Å². The van der Waals surface area contributed by atoms with Crippen molar-refractivity contribution in [1.82, 2.24) is 9.55 Å². The van der Waals surface area contributed by atoms with Gasteiger partial charge in [0.2, 0.25) is 0 Å². The first-order valence-corrected chi connectivity index (χ1v) is 6.66. The largest absolute Gasteiger partial charge is 0.343 e. The van der Waals surface area contributed by atoms with Crippen molar-refractivity contribution >= 4 is 11.6 Å². The van der Waals surface area contributed by atoms with Gasteiger partial charge in [0.15, 0.2) is 5.79 Å². The number of imidazole rings is 1. The molecule has 0 aliphatic carbocycles. The number of aromatic nitrogens is 2. The van der Waals surface area contributed by atoms with Crippen LogP contribution in [0.2, 0.25) is 5.02 Å². The van der Waals surface area contributed by atoms with E-state index in [9.17, 15) is 0 Å². The molecule has 19 heavy (non-hydrogen) atoms. The molecule has 3 rings (SSSR count). The smallest absolute Gasteiger partial charge is 0.196 e. The van der Waals surface area contributed by atoms with E-state index in [0.717, 1.165) is 18.5 Å². The molecule has 2 aromatic rings. The molecule has 1 aromatic carbocycles. The maximum atomic E-state index is 5.93. The van der Waals surface area contributed by atoms with Crippen LogP contribution in [0.1, 0.15) is 12.0 Å². The molecule has 0 atom stereocenters. The topological polar surface area (TPSA) is 36.3 Å². The molecule has 1 saturated heterocycles. The summed E-state index contributed by atoms with van der Waals surface area (Å²) >= 11 is 5.93. The second kappa shape index (κ2) is 5.33. The Kier molecular flexibility index (Phi) is 3.55. The number of aryl methyl sites for hydroxylation is 1. The van der Waals surface area contributed by atoms with Gasteiger partial charge in [0, 0.05) is 35.9 Å². The van der Waals surface area contributed by atoms with Crippen molar-refractivity contribution in [2.45, 2.75) is 18.8 Å². The number of nitrogens with zero attached hydrogens (tertiary/aromatic N) is 2. The fourth-order valence-corrected chi connectivity index (χ4v) is 2.44. The van der Waals surface area contributed by atoms with E-state index in [1.807, 2.05) is 35.0 Å². The summed E-state index contributed by atoms with van der Waals surface area (Å²) < 4.78 is 13.7.